The SMILES string of the molecule is CCS(=O)(=O)C1CSCCN1c1cccc(Cl)c1C=O. The van der Waals surface area contributed by atoms with Crippen molar-refractivity contribution in [3.8, 4) is 0 Å². The summed E-state index contributed by atoms with van der Waals surface area (Å²) in [7, 11) is -3.21. The van der Waals surface area contributed by atoms with E-state index in [4.69, 9.17) is 11.6 Å². The van der Waals surface area contributed by atoms with Gasteiger partial charge in [-0.1, -0.05) is 24.6 Å². The molecule has 1 aromatic carbocycles. The summed E-state index contributed by atoms with van der Waals surface area (Å²) < 4.78 is 24.5. The van der Waals surface area contributed by atoms with Crippen molar-refractivity contribution in [2.45, 2.75) is 12.3 Å². The lowest BCUT2D eigenvalue weighted by molar-refractivity contribution is 0.112. The maximum absolute atomic E-state index is 12.2. The van der Waals surface area contributed by atoms with Gasteiger partial charge in [0.1, 0.15) is 5.37 Å². The molecular weight excluding hydrogens is 318 g/mol. The van der Waals surface area contributed by atoms with E-state index in [0.29, 0.717) is 34.9 Å². The fourth-order valence-corrected chi connectivity index (χ4v) is 5.44. The van der Waals surface area contributed by atoms with E-state index in [9.17, 15) is 13.2 Å². The first kappa shape index (κ1) is 15.7. The molecule has 20 heavy (non-hydrogen) atoms. The molecule has 7 heteroatoms. The molecule has 1 saturated heterocycles. The van der Waals surface area contributed by atoms with Gasteiger partial charge in [0.05, 0.1) is 10.6 Å². The first-order valence-corrected chi connectivity index (χ1v) is 9.55. The van der Waals surface area contributed by atoms with E-state index in [1.54, 1.807) is 41.8 Å². The molecule has 2 rings (SSSR count). The third kappa shape index (κ3) is 2.97. The molecule has 0 bridgehead atoms. The van der Waals surface area contributed by atoms with E-state index in [0.717, 1.165) is 5.75 Å². The van der Waals surface area contributed by atoms with Crippen molar-refractivity contribution in [2.24, 2.45) is 0 Å². The molecule has 0 radical (unpaired) electrons. The van der Waals surface area contributed by atoms with E-state index in [-0.39, 0.29) is 5.75 Å². The summed E-state index contributed by atoms with van der Waals surface area (Å²) in [5, 5.41) is -0.244. The summed E-state index contributed by atoms with van der Waals surface area (Å²) >= 11 is 7.65. The Morgan fingerprint density at radius 1 is 1.50 bits per heavy atom. The highest BCUT2D eigenvalue weighted by Crippen LogP contribution is 2.32. The van der Waals surface area contributed by atoms with Crippen molar-refractivity contribution < 1.29 is 13.2 Å². The highest BCUT2D eigenvalue weighted by molar-refractivity contribution is 8.01. The monoisotopic (exact) mass is 333 g/mol. The number of hydrogen-bond acceptors (Lipinski definition) is 5. The van der Waals surface area contributed by atoms with E-state index in [1.165, 1.54) is 0 Å². The van der Waals surface area contributed by atoms with Crippen LogP contribution in [0.5, 0.6) is 0 Å². The predicted octanol–water partition coefficient (Wildman–Crippen LogP) is 2.47. The number of carbonyl (C=O) groups excluding carboxylic acids is 1. The number of aldehydes is 1. The van der Waals surface area contributed by atoms with Crippen molar-refractivity contribution in [3.63, 3.8) is 0 Å². The summed E-state index contributed by atoms with van der Waals surface area (Å²) in [6, 6.07) is 5.13. The molecule has 1 aliphatic rings. The second kappa shape index (κ2) is 6.37. The van der Waals surface area contributed by atoms with Crippen LogP contribution in [0.4, 0.5) is 5.69 Å². The molecule has 1 unspecified atom stereocenters. The molecule has 110 valence electrons. The summed E-state index contributed by atoms with van der Waals surface area (Å²) in [6.07, 6.45) is 0.690. The lowest BCUT2D eigenvalue weighted by Crippen LogP contribution is -2.48. The summed E-state index contributed by atoms with van der Waals surface area (Å²) in [4.78, 5) is 13.0. The summed E-state index contributed by atoms with van der Waals surface area (Å²) in [5.41, 5.74) is 0.965. The van der Waals surface area contributed by atoms with Crippen LogP contribution in [0, 0.1) is 0 Å². The normalized spacial score (nSPS) is 19.9. The molecule has 0 spiro atoms. The van der Waals surface area contributed by atoms with Gasteiger partial charge in [-0.3, -0.25) is 4.79 Å². The van der Waals surface area contributed by atoms with Gasteiger partial charge in [0, 0.05) is 29.5 Å². The van der Waals surface area contributed by atoms with E-state index >= 15 is 0 Å². The van der Waals surface area contributed by atoms with Crippen molar-refractivity contribution in [1.82, 2.24) is 0 Å². The van der Waals surface area contributed by atoms with E-state index < -0.39 is 15.2 Å². The Balaban J connectivity index is 2.49. The molecule has 0 N–H and O–H groups in total. The molecule has 1 aromatic rings. The van der Waals surface area contributed by atoms with E-state index in [1.807, 2.05) is 0 Å². The molecule has 0 aliphatic carbocycles. The average molecular weight is 334 g/mol. The van der Waals surface area contributed by atoms with Gasteiger partial charge in [-0.05, 0) is 12.1 Å². The lowest BCUT2D eigenvalue weighted by Gasteiger charge is -2.37. The minimum absolute atomic E-state index is 0.0890. The Morgan fingerprint density at radius 2 is 2.25 bits per heavy atom. The number of anilines is 1. The highest BCUT2D eigenvalue weighted by Gasteiger charge is 2.34. The number of halogens is 1. The molecule has 0 saturated carbocycles. The number of nitrogens with zero attached hydrogens (tertiary/aromatic N) is 1. The first-order chi connectivity index (χ1) is 9.51. The van der Waals surface area contributed by atoms with Crippen LogP contribution in [-0.4, -0.2) is 43.9 Å². The van der Waals surface area contributed by atoms with E-state index in [2.05, 4.69) is 0 Å². The molecule has 0 amide bonds. The largest absolute Gasteiger partial charge is 0.353 e. The second-order valence-electron chi connectivity index (χ2n) is 4.46. The summed E-state index contributed by atoms with van der Waals surface area (Å²) in [6.45, 7) is 2.24. The van der Waals surface area contributed by atoms with Crippen LogP contribution < -0.4 is 4.90 Å². The number of rotatable bonds is 4. The first-order valence-electron chi connectivity index (χ1n) is 6.31. The number of hydrogen-bond donors (Lipinski definition) is 0. The molecule has 1 fully saturated rings. The van der Waals surface area contributed by atoms with Crippen LogP contribution in [0.1, 0.15) is 17.3 Å². The minimum atomic E-state index is -3.21. The Hall–Kier alpha value is -0.720. The zero-order valence-electron chi connectivity index (χ0n) is 11.1. The maximum atomic E-state index is 12.2. The predicted molar refractivity (Wildman–Crippen MR) is 84.8 cm³/mol. The van der Waals surface area contributed by atoms with Gasteiger partial charge >= 0.3 is 0 Å². The quantitative estimate of drug-likeness (QED) is 0.792. The smallest absolute Gasteiger partial charge is 0.171 e. The fourth-order valence-electron chi connectivity index (χ4n) is 2.24. The molecule has 4 nitrogen and oxygen atoms in total. The van der Waals surface area contributed by atoms with Crippen LogP contribution >= 0.6 is 23.4 Å². The number of thioether (sulfide) groups is 1. The van der Waals surface area contributed by atoms with Gasteiger partial charge in [0.25, 0.3) is 0 Å². The standard InChI is InChI=1S/C13H16ClNO3S2/c1-2-20(17,18)13-9-19-7-6-15(13)12-5-3-4-11(14)10(12)8-16/h3-5,8,13H,2,6-7,9H2,1H3. The van der Waals surface area contributed by atoms with Crippen LogP contribution in [0.15, 0.2) is 18.2 Å². The average Bonchev–Trinajstić information content (AvgIpc) is 2.47. The topological polar surface area (TPSA) is 54.5 Å². The van der Waals surface area contributed by atoms with Gasteiger partial charge in [0.15, 0.2) is 16.1 Å². The number of sulfone groups is 1. The van der Waals surface area contributed by atoms with Crippen LogP contribution in [0.25, 0.3) is 0 Å². The maximum Gasteiger partial charge on any atom is 0.171 e. The van der Waals surface area contributed by atoms with Crippen LogP contribution in [0.3, 0.4) is 0 Å². The van der Waals surface area contributed by atoms with Crippen molar-refractivity contribution >= 4 is 45.2 Å². The molecule has 1 aliphatic heterocycles. The Morgan fingerprint density at radius 3 is 2.90 bits per heavy atom. The molecule has 1 atom stereocenters. The number of benzene rings is 1. The lowest BCUT2D eigenvalue weighted by atomic mass is 10.1. The zero-order chi connectivity index (χ0) is 14.8. The van der Waals surface area contributed by atoms with Crippen molar-refractivity contribution in [2.75, 3.05) is 28.7 Å². The van der Waals surface area contributed by atoms with Crippen molar-refractivity contribution in [3.05, 3.63) is 28.8 Å². The number of carbonyl (C=O) groups is 1. The van der Waals surface area contributed by atoms with Crippen LogP contribution in [-0.2, 0) is 9.84 Å². The molecule has 1 heterocycles. The van der Waals surface area contributed by atoms with Gasteiger partial charge in [-0.2, -0.15) is 11.8 Å². The Bertz CT molecular complexity index is 604. The minimum Gasteiger partial charge on any atom is -0.353 e. The second-order valence-corrected chi connectivity index (χ2v) is 8.47. The third-order valence-corrected chi connectivity index (χ3v) is 6.98. The fraction of sp³-hybridized carbons (Fsp3) is 0.462. The molecule has 0 aromatic heterocycles. The van der Waals surface area contributed by atoms with Gasteiger partial charge in [-0.25, -0.2) is 8.42 Å². The van der Waals surface area contributed by atoms with Crippen molar-refractivity contribution in [1.29, 1.82) is 0 Å². The van der Waals surface area contributed by atoms with Crippen LogP contribution in [0.2, 0.25) is 5.02 Å². The Kier molecular flexibility index (Phi) is 4.99. The van der Waals surface area contributed by atoms with Gasteiger partial charge < -0.3 is 4.90 Å². The third-order valence-electron chi connectivity index (χ3n) is 3.36. The van der Waals surface area contributed by atoms with Gasteiger partial charge in [0.2, 0.25) is 0 Å². The molecular formula is C13H16ClNO3S2. The van der Waals surface area contributed by atoms with Gasteiger partial charge in [-0.15, -0.1) is 0 Å². The Labute approximate surface area is 128 Å². The highest BCUT2D eigenvalue weighted by atomic mass is 35.5. The zero-order valence-corrected chi connectivity index (χ0v) is 13.5. The summed E-state index contributed by atoms with van der Waals surface area (Å²) in [5.74, 6) is 1.44.